The zero-order valence-electron chi connectivity index (χ0n) is 8.04. The van der Waals surface area contributed by atoms with Crippen molar-refractivity contribution in [3.05, 3.63) is 22.4 Å². The molecule has 0 spiro atoms. The summed E-state index contributed by atoms with van der Waals surface area (Å²) in [5.41, 5.74) is 5.46. The second kappa shape index (κ2) is 5.24. The van der Waals surface area contributed by atoms with E-state index in [2.05, 4.69) is 27.0 Å². The summed E-state index contributed by atoms with van der Waals surface area (Å²) >= 11 is 3.37. The van der Waals surface area contributed by atoms with Crippen molar-refractivity contribution in [1.29, 1.82) is 0 Å². The van der Waals surface area contributed by atoms with Crippen LogP contribution >= 0.6 is 23.1 Å². The highest BCUT2D eigenvalue weighted by Crippen LogP contribution is 2.22. The first-order chi connectivity index (χ1) is 7.40. The molecule has 0 saturated heterocycles. The number of aromatic nitrogens is 4. The van der Waals surface area contributed by atoms with Crippen LogP contribution in [0.5, 0.6) is 0 Å². The molecule has 0 aliphatic heterocycles. The second-order valence-electron chi connectivity index (χ2n) is 2.84. The molecule has 2 rings (SSSR count). The Morgan fingerprint density at radius 1 is 1.53 bits per heavy atom. The Hall–Kier alpha value is -0.920. The van der Waals surface area contributed by atoms with Gasteiger partial charge in [-0.2, -0.15) is 0 Å². The first kappa shape index (κ1) is 10.6. The van der Waals surface area contributed by atoms with Gasteiger partial charge in [-0.1, -0.05) is 17.8 Å². The van der Waals surface area contributed by atoms with Gasteiger partial charge in [0, 0.05) is 17.2 Å². The molecule has 0 radical (unpaired) electrons. The van der Waals surface area contributed by atoms with E-state index in [4.69, 9.17) is 5.73 Å². The molecule has 0 aliphatic rings. The molecule has 2 aromatic heterocycles. The third-order valence-electron chi connectivity index (χ3n) is 1.76. The Morgan fingerprint density at radius 2 is 2.47 bits per heavy atom. The number of hydrogen-bond acceptors (Lipinski definition) is 6. The first-order valence-electron chi connectivity index (χ1n) is 4.51. The van der Waals surface area contributed by atoms with E-state index < -0.39 is 0 Å². The topological polar surface area (TPSA) is 69.6 Å². The molecular weight excluding hydrogens is 230 g/mol. The fourth-order valence-electron chi connectivity index (χ4n) is 1.09. The number of thiophene rings is 1. The van der Waals surface area contributed by atoms with Crippen LogP contribution in [-0.4, -0.2) is 26.8 Å². The predicted octanol–water partition coefficient (Wildman–Crippen LogP) is 0.986. The minimum Gasteiger partial charge on any atom is -0.329 e. The zero-order valence-corrected chi connectivity index (χ0v) is 9.67. The fourth-order valence-corrected chi connectivity index (χ4v) is 2.77. The third kappa shape index (κ3) is 2.77. The van der Waals surface area contributed by atoms with Gasteiger partial charge in [0.2, 0.25) is 5.16 Å². The van der Waals surface area contributed by atoms with Crippen LogP contribution in [0, 0.1) is 0 Å². The summed E-state index contributed by atoms with van der Waals surface area (Å²) in [4.78, 5) is 1.32. The van der Waals surface area contributed by atoms with Gasteiger partial charge in [0.1, 0.15) is 0 Å². The van der Waals surface area contributed by atoms with Crippen LogP contribution in [-0.2, 0) is 12.3 Å². The SMILES string of the molecule is NCCn1nnnc1SCc1cccs1. The van der Waals surface area contributed by atoms with Gasteiger partial charge in [-0.25, -0.2) is 4.68 Å². The largest absolute Gasteiger partial charge is 0.329 e. The zero-order chi connectivity index (χ0) is 10.5. The molecular formula is C8H11N5S2. The average Bonchev–Trinajstić information content (AvgIpc) is 2.85. The normalized spacial score (nSPS) is 10.7. The maximum Gasteiger partial charge on any atom is 0.209 e. The van der Waals surface area contributed by atoms with Crippen LogP contribution in [0.4, 0.5) is 0 Å². The summed E-state index contributed by atoms with van der Waals surface area (Å²) < 4.78 is 1.73. The molecule has 5 nitrogen and oxygen atoms in total. The molecule has 2 aromatic rings. The standard InChI is InChI=1S/C8H11N5S2/c9-3-4-13-8(10-11-12-13)15-6-7-2-1-5-14-7/h1-2,5H,3-4,6,9H2. The Bertz CT molecular complexity index is 397. The Balaban J connectivity index is 1.95. The van der Waals surface area contributed by atoms with Gasteiger partial charge in [0.05, 0.1) is 6.54 Å². The molecule has 0 saturated carbocycles. The molecule has 2 heterocycles. The number of nitrogens with two attached hydrogens (primary N) is 1. The van der Waals surface area contributed by atoms with Crippen LogP contribution in [0.15, 0.2) is 22.7 Å². The Morgan fingerprint density at radius 3 is 3.20 bits per heavy atom. The summed E-state index contributed by atoms with van der Waals surface area (Å²) in [5.74, 6) is 0.905. The van der Waals surface area contributed by atoms with Gasteiger partial charge in [-0.3, -0.25) is 0 Å². The van der Waals surface area contributed by atoms with E-state index in [0.717, 1.165) is 10.9 Å². The fraction of sp³-hybridized carbons (Fsp3) is 0.375. The van der Waals surface area contributed by atoms with E-state index in [1.165, 1.54) is 4.88 Å². The highest BCUT2D eigenvalue weighted by Gasteiger charge is 2.06. The molecule has 0 bridgehead atoms. The molecule has 0 unspecified atom stereocenters. The van der Waals surface area contributed by atoms with Crippen molar-refractivity contribution in [2.24, 2.45) is 5.73 Å². The summed E-state index contributed by atoms with van der Waals surface area (Å²) in [6, 6.07) is 4.15. The summed E-state index contributed by atoms with van der Waals surface area (Å²) in [5, 5.41) is 14.3. The lowest BCUT2D eigenvalue weighted by atomic mass is 10.5. The number of thioether (sulfide) groups is 1. The maximum atomic E-state index is 5.46. The molecule has 15 heavy (non-hydrogen) atoms. The maximum absolute atomic E-state index is 5.46. The summed E-state index contributed by atoms with van der Waals surface area (Å²) in [7, 11) is 0. The Kier molecular flexibility index (Phi) is 3.70. The lowest BCUT2D eigenvalue weighted by molar-refractivity contribution is 0.557. The van der Waals surface area contributed by atoms with Crippen molar-refractivity contribution in [2.45, 2.75) is 17.5 Å². The van der Waals surface area contributed by atoms with Crippen molar-refractivity contribution in [1.82, 2.24) is 20.2 Å². The van der Waals surface area contributed by atoms with E-state index in [0.29, 0.717) is 13.1 Å². The van der Waals surface area contributed by atoms with Gasteiger partial charge in [-0.05, 0) is 21.9 Å². The molecule has 0 aliphatic carbocycles. The average molecular weight is 241 g/mol. The predicted molar refractivity (Wildman–Crippen MR) is 60.8 cm³/mol. The second-order valence-corrected chi connectivity index (χ2v) is 4.82. The van der Waals surface area contributed by atoms with Crippen LogP contribution < -0.4 is 5.73 Å². The number of nitrogens with zero attached hydrogens (tertiary/aromatic N) is 4. The molecule has 0 aromatic carbocycles. The molecule has 0 amide bonds. The molecule has 7 heteroatoms. The van der Waals surface area contributed by atoms with Crippen molar-refractivity contribution in [3.8, 4) is 0 Å². The van der Waals surface area contributed by atoms with Gasteiger partial charge in [0.15, 0.2) is 0 Å². The van der Waals surface area contributed by atoms with Gasteiger partial charge in [-0.15, -0.1) is 16.4 Å². The van der Waals surface area contributed by atoms with Crippen molar-refractivity contribution >= 4 is 23.1 Å². The third-order valence-corrected chi connectivity index (χ3v) is 3.83. The van der Waals surface area contributed by atoms with E-state index >= 15 is 0 Å². The minimum atomic E-state index is 0.553. The summed E-state index contributed by atoms with van der Waals surface area (Å²) in [6.07, 6.45) is 0. The van der Waals surface area contributed by atoms with Crippen molar-refractivity contribution < 1.29 is 0 Å². The van der Waals surface area contributed by atoms with Gasteiger partial charge >= 0.3 is 0 Å². The lowest BCUT2D eigenvalue weighted by Crippen LogP contribution is -2.12. The van der Waals surface area contributed by atoms with E-state index in [1.807, 2.05) is 6.07 Å². The van der Waals surface area contributed by atoms with Crippen molar-refractivity contribution in [3.63, 3.8) is 0 Å². The van der Waals surface area contributed by atoms with Gasteiger partial charge in [0.25, 0.3) is 0 Å². The number of tetrazole rings is 1. The molecule has 0 atom stereocenters. The van der Waals surface area contributed by atoms with Crippen molar-refractivity contribution in [2.75, 3.05) is 6.54 Å². The molecule has 2 N–H and O–H groups in total. The number of hydrogen-bond donors (Lipinski definition) is 1. The quantitative estimate of drug-likeness (QED) is 0.790. The Labute approximate surface area is 95.7 Å². The number of rotatable bonds is 5. The van der Waals surface area contributed by atoms with Crippen LogP contribution in [0.3, 0.4) is 0 Å². The smallest absolute Gasteiger partial charge is 0.209 e. The highest BCUT2D eigenvalue weighted by molar-refractivity contribution is 7.98. The monoisotopic (exact) mass is 241 g/mol. The summed E-state index contributed by atoms with van der Waals surface area (Å²) in [6.45, 7) is 1.22. The first-order valence-corrected chi connectivity index (χ1v) is 6.38. The minimum absolute atomic E-state index is 0.553. The van der Waals surface area contributed by atoms with Crippen LogP contribution in [0.1, 0.15) is 4.88 Å². The van der Waals surface area contributed by atoms with Crippen LogP contribution in [0.2, 0.25) is 0 Å². The van der Waals surface area contributed by atoms with E-state index in [1.54, 1.807) is 27.8 Å². The lowest BCUT2D eigenvalue weighted by Gasteiger charge is -2.00. The van der Waals surface area contributed by atoms with E-state index in [9.17, 15) is 0 Å². The van der Waals surface area contributed by atoms with E-state index in [-0.39, 0.29) is 0 Å². The highest BCUT2D eigenvalue weighted by atomic mass is 32.2. The molecule has 0 fully saturated rings. The molecule has 80 valence electrons. The van der Waals surface area contributed by atoms with Gasteiger partial charge < -0.3 is 5.73 Å². The van der Waals surface area contributed by atoms with Crippen LogP contribution in [0.25, 0.3) is 0 Å².